The van der Waals surface area contributed by atoms with Crippen LogP contribution in [0.5, 0.6) is 5.75 Å². The first-order chi connectivity index (χ1) is 12.6. The third-order valence-electron chi connectivity index (χ3n) is 4.46. The Hall–Kier alpha value is -3.22. The van der Waals surface area contributed by atoms with Gasteiger partial charge in [0, 0.05) is 24.1 Å². The highest BCUT2D eigenvalue weighted by Crippen LogP contribution is 2.38. The Morgan fingerprint density at radius 3 is 2.65 bits per heavy atom. The van der Waals surface area contributed by atoms with E-state index in [0.29, 0.717) is 17.3 Å². The van der Waals surface area contributed by atoms with Crippen LogP contribution in [-0.2, 0) is 4.79 Å². The Morgan fingerprint density at radius 1 is 1.19 bits per heavy atom. The van der Waals surface area contributed by atoms with Crippen LogP contribution in [0, 0.1) is 11.6 Å². The largest absolute Gasteiger partial charge is 0.497 e. The molecule has 4 rings (SSSR count). The van der Waals surface area contributed by atoms with Crippen molar-refractivity contribution in [2.24, 2.45) is 0 Å². The fourth-order valence-corrected chi connectivity index (χ4v) is 3.19. The van der Waals surface area contributed by atoms with Crippen LogP contribution < -0.4 is 10.1 Å². The van der Waals surface area contributed by atoms with Gasteiger partial charge in [0.2, 0.25) is 5.91 Å². The molecule has 0 saturated heterocycles. The number of methoxy groups -OCH3 is 1. The molecule has 132 valence electrons. The Morgan fingerprint density at radius 2 is 1.96 bits per heavy atom. The summed E-state index contributed by atoms with van der Waals surface area (Å²) in [6.07, 6.45) is 1.63. The van der Waals surface area contributed by atoms with Crippen molar-refractivity contribution in [3.63, 3.8) is 0 Å². The molecule has 0 bridgehead atoms. The summed E-state index contributed by atoms with van der Waals surface area (Å²) in [5.74, 6) is -0.969. The number of rotatable bonds is 3. The molecule has 0 aliphatic carbocycles. The average Bonchev–Trinajstić information content (AvgIpc) is 3.05. The van der Waals surface area contributed by atoms with Crippen molar-refractivity contribution in [1.82, 2.24) is 9.55 Å². The predicted octanol–water partition coefficient (Wildman–Crippen LogP) is 3.63. The number of hydrogen-bond donors (Lipinski definition) is 1. The first-order valence-electron chi connectivity index (χ1n) is 8.03. The van der Waals surface area contributed by atoms with Gasteiger partial charge in [0.15, 0.2) is 0 Å². The second-order valence-corrected chi connectivity index (χ2v) is 6.02. The lowest BCUT2D eigenvalue weighted by Gasteiger charge is -2.23. The second kappa shape index (κ2) is 6.25. The lowest BCUT2D eigenvalue weighted by Crippen LogP contribution is -2.25. The molecule has 1 atom stereocenters. The maximum Gasteiger partial charge on any atom is 0.226 e. The fraction of sp³-hybridized carbons (Fsp3) is 0.158. The number of benzene rings is 2. The smallest absolute Gasteiger partial charge is 0.226 e. The molecule has 1 aliphatic heterocycles. The molecule has 0 spiro atoms. The van der Waals surface area contributed by atoms with E-state index in [2.05, 4.69) is 10.3 Å². The minimum absolute atomic E-state index is 0.0508. The van der Waals surface area contributed by atoms with E-state index < -0.39 is 17.6 Å². The van der Waals surface area contributed by atoms with Crippen molar-refractivity contribution in [3.05, 3.63) is 71.7 Å². The van der Waals surface area contributed by atoms with Crippen molar-refractivity contribution in [1.29, 1.82) is 0 Å². The minimum atomic E-state index is -0.686. The lowest BCUT2D eigenvalue weighted by molar-refractivity contribution is -0.116. The van der Waals surface area contributed by atoms with E-state index in [0.717, 1.165) is 11.8 Å². The number of imidazole rings is 1. The summed E-state index contributed by atoms with van der Waals surface area (Å²) in [5, 5.41) is 2.80. The number of carbonyl (C=O) groups is 1. The highest BCUT2D eigenvalue weighted by atomic mass is 19.1. The summed E-state index contributed by atoms with van der Waals surface area (Å²) in [4.78, 5) is 16.6. The monoisotopic (exact) mass is 355 g/mol. The molecule has 2 heterocycles. The van der Waals surface area contributed by atoms with Crippen LogP contribution in [0.1, 0.15) is 23.6 Å². The summed E-state index contributed by atoms with van der Waals surface area (Å²) in [6.45, 7) is 0. The number of hydrogen-bond acceptors (Lipinski definition) is 3. The summed E-state index contributed by atoms with van der Waals surface area (Å²) in [7, 11) is 1.58. The van der Waals surface area contributed by atoms with E-state index in [-0.39, 0.29) is 17.9 Å². The molecular formula is C19H15F2N3O2. The summed E-state index contributed by atoms with van der Waals surface area (Å²) in [5.41, 5.74) is 1.58. The Balaban J connectivity index is 1.79. The number of aromatic nitrogens is 2. The first kappa shape index (κ1) is 16.3. The maximum atomic E-state index is 14.2. The molecule has 1 amide bonds. The van der Waals surface area contributed by atoms with Gasteiger partial charge in [-0.2, -0.15) is 0 Å². The zero-order chi connectivity index (χ0) is 18.3. The van der Waals surface area contributed by atoms with Gasteiger partial charge in [-0.05, 0) is 35.9 Å². The molecule has 0 saturated carbocycles. The van der Waals surface area contributed by atoms with Gasteiger partial charge in [0.05, 0.1) is 12.8 Å². The number of amides is 1. The van der Waals surface area contributed by atoms with Crippen molar-refractivity contribution in [3.8, 4) is 11.4 Å². The molecule has 2 aromatic carbocycles. The van der Waals surface area contributed by atoms with E-state index in [1.54, 1.807) is 30.1 Å². The van der Waals surface area contributed by atoms with Gasteiger partial charge in [-0.25, -0.2) is 13.8 Å². The molecule has 1 aliphatic rings. The molecule has 0 radical (unpaired) electrons. The van der Waals surface area contributed by atoms with Crippen LogP contribution in [-0.4, -0.2) is 22.6 Å². The van der Waals surface area contributed by atoms with Crippen molar-refractivity contribution < 1.29 is 18.3 Å². The van der Waals surface area contributed by atoms with E-state index >= 15 is 0 Å². The molecule has 0 fully saturated rings. The first-order valence-corrected chi connectivity index (χ1v) is 8.03. The van der Waals surface area contributed by atoms with Gasteiger partial charge in [0.25, 0.3) is 0 Å². The van der Waals surface area contributed by atoms with E-state index in [1.807, 2.05) is 12.1 Å². The van der Waals surface area contributed by atoms with Gasteiger partial charge in [-0.3, -0.25) is 9.36 Å². The normalized spacial score (nSPS) is 16.1. The standard InChI is InChI=1S/C19H15F2N3O2/c1-26-13-5-3-12(4-6-13)24-10-22-18-15(9-17(25)23-19(18)24)14-7-2-11(20)8-16(14)21/h2-8,10,15H,9H2,1H3,(H,23,25). The average molecular weight is 355 g/mol. The van der Waals surface area contributed by atoms with E-state index in [1.165, 1.54) is 12.1 Å². The van der Waals surface area contributed by atoms with Crippen molar-refractivity contribution in [2.45, 2.75) is 12.3 Å². The van der Waals surface area contributed by atoms with Crippen molar-refractivity contribution in [2.75, 3.05) is 12.4 Å². The molecule has 1 unspecified atom stereocenters. The Labute approximate surface area is 148 Å². The fourth-order valence-electron chi connectivity index (χ4n) is 3.19. The Bertz CT molecular complexity index is 983. The van der Waals surface area contributed by atoms with Crippen LogP contribution >= 0.6 is 0 Å². The summed E-state index contributed by atoms with van der Waals surface area (Å²) >= 11 is 0. The minimum Gasteiger partial charge on any atom is -0.497 e. The van der Waals surface area contributed by atoms with Gasteiger partial charge in [-0.1, -0.05) is 6.07 Å². The molecule has 26 heavy (non-hydrogen) atoms. The number of nitrogens with zero attached hydrogens (tertiary/aromatic N) is 2. The number of ether oxygens (including phenoxy) is 1. The number of halogens is 2. The molecular weight excluding hydrogens is 340 g/mol. The molecule has 3 aromatic rings. The molecule has 7 heteroatoms. The molecule has 1 N–H and O–H groups in total. The van der Waals surface area contributed by atoms with Crippen LogP contribution in [0.15, 0.2) is 48.8 Å². The number of fused-ring (bicyclic) bond motifs is 1. The van der Waals surface area contributed by atoms with Crippen LogP contribution in [0.3, 0.4) is 0 Å². The molecule has 5 nitrogen and oxygen atoms in total. The molecule has 1 aromatic heterocycles. The van der Waals surface area contributed by atoms with E-state index in [9.17, 15) is 13.6 Å². The highest BCUT2D eigenvalue weighted by molar-refractivity contribution is 5.94. The number of nitrogens with one attached hydrogen (secondary N) is 1. The van der Waals surface area contributed by atoms with Crippen LogP contribution in [0.4, 0.5) is 14.6 Å². The quantitative estimate of drug-likeness (QED) is 0.781. The highest BCUT2D eigenvalue weighted by Gasteiger charge is 2.32. The second-order valence-electron chi connectivity index (χ2n) is 6.02. The zero-order valence-corrected chi connectivity index (χ0v) is 13.9. The van der Waals surface area contributed by atoms with Crippen LogP contribution in [0.25, 0.3) is 5.69 Å². The van der Waals surface area contributed by atoms with Crippen LogP contribution in [0.2, 0.25) is 0 Å². The third kappa shape index (κ3) is 2.71. The maximum absolute atomic E-state index is 14.2. The number of carbonyl (C=O) groups excluding carboxylic acids is 1. The van der Waals surface area contributed by atoms with Gasteiger partial charge in [-0.15, -0.1) is 0 Å². The topological polar surface area (TPSA) is 56.1 Å². The van der Waals surface area contributed by atoms with Gasteiger partial charge in [0.1, 0.15) is 29.5 Å². The SMILES string of the molecule is COc1ccc(-n2cnc3c2NC(=O)CC3c2ccc(F)cc2F)cc1. The van der Waals surface area contributed by atoms with Crippen molar-refractivity contribution >= 4 is 11.7 Å². The zero-order valence-electron chi connectivity index (χ0n) is 13.9. The Kier molecular flexibility index (Phi) is 3.91. The predicted molar refractivity (Wildman–Crippen MR) is 91.6 cm³/mol. The van der Waals surface area contributed by atoms with E-state index in [4.69, 9.17) is 4.74 Å². The third-order valence-corrected chi connectivity index (χ3v) is 4.46. The lowest BCUT2D eigenvalue weighted by atomic mass is 9.89. The summed E-state index contributed by atoms with van der Waals surface area (Å²) < 4.78 is 34.3. The number of anilines is 1. The van der Waals surface area contributed by atoms with Gasteiger partial charge < -0.3 is 10.1 Å². The van der Waals surface area contributed by atoms with Gasteiger partial charge >= 0.3 is 0 Å². The summed E-state index contributed by atoms with van der Waals surface area (Å²) in [6, 6.07) is 10.6.